The fourth-order valence-electron chi connectivity index (χ4n) is 2.86. The molecule has 0 saturated heterocycles. The van der Waals surface area contributed by atoms with Gasteiger partial charge in [-0.2, -0.15) is 0 Å². The van der Waals surface area contributed by atoms with Gasteiger partial charge < -0.3 is 10.4 Å². The van der Waals surface area contributed by atoms with Gasteiger partial charge in [0.25, 0.3) is 0 Å². The van der Waals surface area contributed by atoms with Gasteiger partial charge in [0.05, 0.1) is 6.61 Å². The molecule has 0 radical (unpaired) electrons. The van der Waals surface area contributed by atoms with E-state index in [0.29, 0.717) is 5.25 Å². The van der Waals surface area contributed by atoms with Crippen LogP contribution in [0, 0.1) is 20.8 Å². The first-order valence-corrected chi connectivity index (χ1v) is 8.22. The molecule has 1 fully saturated rings. The van der Waals surface area contributed by atoms with Crippen molar-refractivity contribution in [2.24, 2.45) is 0 Å². The van der Waals surface area contributed by atoms with E-state index in [1.165, 1.54) is 5.56 Å². The van der Waals surface area contributed by atoms with Crippen molar-refractivity contribution in [3.63, 3.8) is 0 Å². The molecule has 1 aliphatic rings. The summed E-state index contributed by atoms with van der Waals surface area (Å²) in [7, 11) is 0. The van der Waals surface area contributed by atoms with E-state index < -0.39 is 0 Å². The van der Waals surface area contributed by atoms with Gasteiger partial charge in [-0.15, -0.1) is 0 Å². The van der Waals surface area contributed by atoms with Crippen LogP contribution in [0.5, 0.6) is 0 Å². The third-order valence-electron chi connectivity index (χ3n) is 4.30. The smallest absolute Gasteiger partial charge is 0.188 e. The van der Waals surface area contributed by atoms with Crippen LogP contribution in [0.15, 0.2) is 5.16 Å². The van der Waals surface area contributed by atoms with E-state index in [2.05, 4.69) is 29.1 Å². The van der Waals surface area contributed by atoms with Crippen molar-refractivity contribution in [2.75, 3.05) is 13.2 Å². The predicted molar refractivity (Wildman–Crippen MR) is 83.2 cm³/mol. The molecule has 2 N–H and O–H groups in total. The molecule has 4 nitrogen and oxygen atoms in total. The molecular formula is C15H25N3OS. The summed E-state index contributed by atoms with van der Waals surface area (Å²) in [4.78, 5) is 9.17. The van der Waals surface area contributed by atoms with Crippen LogP contribution in [0.3, 0.4) is 0 Å². The second kappa shape index (κ2) is 6.41. The Morgan fingerprint density at radius 3 is 2.50 bits per heavy atom. The van der Waals surface area contributed by atoms with Crippen molar-refractivity contribution >= 4 is 11.8 Å². The maximum Gasteiger partial charge on any atom is 0.188 e. The standard InChI is InChI=1S/C15H25N3OS/c1-5-16-15(9-19)7-6-13(8-15)20-14-17-11(3)10(2)12(4)18-14/h13,16,19H,5-9H2,1-4H3. The van der Waals surface area contributed by atoms with E-state index in [1.807, 2.05) is 13.8 Å². The summed E-state index contributed by atoms with van der Waals surface area (Å²) in [6, 6.07) is 0. The Hall–Kier alpha value is -0.650. The summed E-state index contributed by atoms with van der Waals surface area (Å²) in [6.45, 7) is 9.35. The molecule has 0 bridgehead atoms. The Morgan fingerprint density at radius 2 is 1.95 bits per heavy atom. The number of aliphatic hydroxyl groups excluding tert-OH is 1. The van der Waals surface area contributed by atoms with Crippen LogP contribution in [-0.4, -0.2) is 39.0 Å². The van der Waals surface area contributed by atoms with Crippen molar-refractivity contribution < 1.29 is 5.11 Å². The highest BCUT2D eigenvalue weighted by Gasteiger charge is 2.38. The fourth-order valence-corrected chi connectivity index (χ4v) is 4.17. The first-order chi connectivity index (χ1) is 9.49. The molecule has 5 heteroatoms. The van der Waals surface area contributed by atoms with Crippen LogP contribution in [0.25, 0.3) is 0 Å². The number of likely N-dealkylation sites (N-methyl/N-ethyl adjacent to an activating group) is 1. The molecule has 1 saturated carbocycles. The number of aryl methyl sites for hydroxylation is 2. The van der Waals surface area contributed by atoms with E-state index in [0.717, 1.165) is 42.4 Å². The summed E-state index contributed by atoms with van der Waals surface area (Å²) in [5.41, 5.74) is 3.22. The van der Waals surface area contributed by atoms with Crippen LogP contribution < -0.4 is 5.32 Å². The fraction of sp³-hybridized carbons (Fsp3) is 0.733. The molecule has 0 spiro atoms. The quantitative estimate of drug-likeness (QED) is 0.817. The average molecular weight is 295 g/mol. The number of thioether (sulfide) groups is 1. The largest absolute Gasteiger partial charge is 0.394 e. The van der Waals surface area contributed by atoms with Crippen LogP contribution >= 0.6 is 11.8 Å². The van der Waals surface area contributed by atoms with Crippen molar-refractivity contribution in [3.05, 3.63) is 17.0 Å². The van der Waals surface area contributed by atoms with Gasteiger partial charge in [-0.25, -0.2) is 9.97 Å². The van der Waals surface area contributed by atoms with Gasteiger partial charge in [-0.05, 0) is 52.1 Å². The van der Waals surface area contributed by atoms with Gasteiger partial charge in [0, 0.05) is 22.2 Å². The van der Waals surface area contributed by atoms with Crippen LogP contribution in [0.2, 0.25) is 0 Å². The molecule has 2 rings (SSSR count). The molecule has 0 aromatic carbocycles. The zero-order valence-electron chi connectivity index (χ0n) is 12.9. The second-order valence-electron chi connectivity index (χ2n) is 5.75. The van der Waals surface area contributed by atoms with E-state index >= 15 is 0 Å². The lowest BCUT2D eigenvalue weighted by atomic mass is 9.99. The lowest BCUT2D eigenvalue weighted by molar-refractivity contribution is 0.167. The van der Waals surface area contributed by atoms with Crippen molar-refractivity contribution in [3.8, 4) is 0 Å². The van der Waals surface area contributed by atoms with Gasteiger partial charge in [0.2, 0.25) is 0 Å². The summed E-state index contributed by atoms with van der Waals surface area (Å²) < 4.78 is 0. The van der Waals surface area contributed by atoms with Gasteiger partial charge in [0.1, 0.15) is 0 Å². The Kier molecular flexibility index (Phi) is 5.04. The molecule has 0 aliphatic heterocycles. The Bertz CT molecular complexity index is 457. The number of aromatic nitrogens is 2. The number of nitrogens with zero attached hydrogens (tertiary/aromatic N) is 2. The third kappa shape index (κ3) is 3.32. The molecular weight excluding hydrogens is 270 g/mol. The van der Waals surface area contributed by atoms with Crippen molar-refractivity contribution in [1.29, 1.82) is 0 Å². The van der Waals surface area contributed by atoms with Crippen LogP contribution in [0.1, 0.15) is 43.1 Å². The molecule has 20 heavy (non-hydrogen) atoms. The highest BCUT2D eigenvalue weighted by atomic mass is 32.2. The summed E-state index contributed by atoms with van der Waals surface area (Å²) in [5, 5.41) is 14.5. The number of rotatable bonds is 5. The molecule has 2 atom stereocenters. The van der Waals surface area contributed by atoms with Gasteiger partial charge in [-0.3, -0.25) is 0 Å². The molecule has 112 valence electrons. The van der Waals surface area contributed by atoms with Crippen LogP contribution in [-0.2, 0) is 0 Å². The molecule has 1 heterocycles. The highest BCUT2D eigenvalue weighted by Crippen LogP contribution is 2.39. The van der Waals surface area contributed by atoms with E-state index in [-0.39, 0.29) is 12.1 Å². The third-order valence-corrected chi connectivity index (χ3v) is 5.43. The minimum absolute atomic E-state index is 0.0960. The highest BCUT2D eigenvalue weighted by molar-refractivity contribution is 7.99. The molecule has 0 amide bonds. The maximum atomic E-state index is 9.65. The van der Waals surface area contributed by atoms with Gasteiger partial charge >= 0.3 is 0 Å². The lowest BCUT2D eigenvalue weighted by Crippen LogP contribution is -2.46. The minimum Gasteiger partial charge on any atom is -0.394 e. The first kappa shape index (κ1) is 15.7. The maximum absolute atomic E-state index is 9.65. The summed E-state index contributed by atoms with van der Waals surface area (Å²) in [6.07, 6.45) is 3.11. The van der Waals surface area contributed by atoms with Gasteiger partial charge in [0.15, 0.2) is 5.16 Å². The van der Waals surface area contributed by atoms with E-state index in [1.54, 1.807) is 11.8 Å². The SMILES string of the molecule is CCNC1(CO)CCC(Sc2nc(C)c(C)c(C)n2)C1. The first-order valence-electron chi connectivity index (χ1n) is 7.34. The normalized spacial score (nSPS) is 26.1. The number of hydrogen-bond donors (Lipinski definition) is 2. The predicted octanol–water partition coefficient (Wildman–Crippen LogP) is 2.39. The zero-order valence-corrected chi connectivity index (χ0v) is 13.7. The molecule has 1 aromatic heterocycles. The molecule has 1 aliphatic carbocycles. The Balaban J connectivity index is 2.05. The minimum atomic E-state index is -0.0960. The Morgan fingerprint density at radius 1 is 1.30 bits per heavy atom. The number of aliphatic hydroxyl groups is 1. The van der Waals surface area contributed by atoms with Crippen molar-refractivity contribution in [1.82, 2.24) is 15.3 Å². The number of hydrogen-bond acceptors (Lipinski definition) is 5. The monoisotopic (exact) mass is 295 g/mol. The average Bonchev–Trinajstić information content (AvgIpc) is 2.80. The molecule has 1 aromatic rings. The summed E-state index contributed by atoms with van der Waals surface area (Å²) >= 11 is 1.76. The topological polar surface area (TPSA) is 58.0 Å². The summed E-state index contributed by atoms with van der Waals surface area (Å²) in [5.74, 6) is 0. The van der Waals surface area contributed by atoms with E-state index in [9.17, 15) is 5.11 Å². The second-order valence-corrected chi connectivity index (χ2v) is 7.02. The van der Waals surface area contributed by atoms with Gasteiger partial charge in [-0.1, -0.05) is 18.7 Å². The van der Waals surface area contributed by atoms with Crippen molar-refractivity contribution in [2.45, 2.75) is 62.9 Å². The Labute approximate surface area is 125 Å². The molecule has 2 unspecified atom stereocenters. The number of nitrogens with one attached hydrogen (secondary N) is 1. The van der Waals surface area contributed by atoms with Crippen LogP contribution in [0.4, 0.5) is 0 Å². The zero-order chi connectivity index (χ0) is 14.8. The van der Waals surface area contributed by atoms with E-state index in [4.69, 9.17) is 0 Å². The lowest BCUT2D eigenvalue weighted by Gasteiger charge is -2.27.